The molecule has 0 unspecified atom stereocenters. The number of hydrogen-bond acceptors (Lipinski definition) is 3. The van der Waals surface area contributed by atoms with E-state index in [2.05, 4.69) is 0 Å². The average Bonchev–Trinajstić information content (AvgIpc) is 2.06. The molecule has 1 aromatic rings. The van der Waals surface area contributed by atoms with Crippen LogP contribution in [-0.2, 0) is 10.0 Å². The second-order valence-electron chi connectivity index (χ2n) is 2.99. The Hall–Kier alpha value is -0.780. The van der Waals surface area contributed by atoms with E-state index in [1.54, 1.807) is 19.1 Å². The van der Waals surface area contributed by atoms with Gasteiger partial charge in [-0.1, -0.05) is 17.7 Å². The molecule has 0 radical (unpaired) electrons. The first-order valence-corrected chi connectivity index (χ1v) is 6.06. The van der Waals surface area contributed by atoms with Crippen molar-refractivity contribution in [1.82, 2.24) is 0 Å². The summed E-state index contributed by atoms with van der Waals surface area (Å²) in [5, 5.41) is 0.449. The van der Waals surface area contributed by atoms with E-state index in [1.165, 1.54) is 6.07 Å². The van der Waals surface area contributed by atoms with Crippen LogP contribution in [0.4, 0.5) is 5.69 Å². The van der Waals surface area contributed by atoms with Crippen LogP contribution in [0.1, 0.15) is 5.56 Å². The van der Waals surface area contributed by atoms with Crippen molar-refractivity contribution in [3.8, 4) is 0 Å². The lowest BCUT2D eigenvalue weighted by Gasteiger charge is -2.18. The number of rotatable bonds is 2. The third-order valence-corrected chi connectivity index (χ3v) is 2.91. The fourth-order valence-electron chi connectivity index (χ4n) is 0.999. The molecule has 0 heterocycles. The molecule has 0 spiro atoms. The van der Waals surface area contributed by atoms with E-state index in [1.807, 2.05) is 0 Å². The highest BCUT2D eigenvalue weighted by atomic mass is 35.5. The maximum absolute atomic E-state index is 11.2. The summed E-state index contributed by atoms with van der Waals surface area (Å²) in [7, 11) is -3.44. The molecule has 0 aliphatic heterocycles. The van der Waals surface area contributed by atoms with Crippen LogP contribution in [0.25, 0.3) is 0 Å². The predicted octanol–water partition coefficient (Wildman–Crippen LogP) is 1.29. The highest BCUT2D eigenvalue weighted by molar-refractivity contribution is 7.92. The van der Waals surface area contributed by atoms with Crippen LogP contribution < -0.4 is 10.3 Å². The van der Waals surface area contributed by atoms with E-state index in [9.17, 15) is 8.42 Å². The van der Waals surface area contributed by atoms with Crippen LogP contribution in [-0.4, -0.2) is 14.7 Å². The zero-order valence-electron chi connectivity index (χ0n) is 7.86. The number of hydrazine groups is 1. The molecule has 0 fully saturated rings. The molecule has 0 aromatic heterocycles. The summed E-state index contributed by atoms with van der Waals surface area (Å²) in [6.45, 7) is 1.76. The monoisotopic (exact) mass is 234 g/mol. The molecule has 6 heteroatoms. The molecule has 0 amide bonds. The van der Waals surface area contributed by atoms with E-state index in [-0.39, 0.29) is 0 Å². The van der Waals surface area contributed by atoms with Crippen molar-refractivity contribution in [2.45, 2.75) is 6.92 Å². The molecular weight excluding hydrogens is 224 g/mol. The molecule has 0 aliphatic rings. The highest BCUT2D eigenvalue weighted by Crippen LogP contribution is 2.23. The quantitative estimate of drug-likeness (QED) is 0.620. The average molecular weight is 235 g/mol. The van der Waals surface area contributed by atoms with Gasteiger partial charge in [-0.05, 0) is 24.6 Å². The third-order valence-electron chi connectivity index (χ3n) is 1.77. The summed E-state index contributed by atoms with van der Waals surface area (Å²) >= 11 is 5.73. The highest BCUT2D eigenvalue weighted by Gasteiger charge is 2.15. The number of hydrogen-bond donors (Lipinski definition) is 1. The first-order valence-electron chi connectivity index (χ1n) is 3.83. The fourth-order valence-corrected chi connectivity index (χ4v) is 1.72. The Bertz CT molecular complexity index is 445. The minimum Gasteiger partial charge on any atom is -0.233 e. The van der Waals surface area contributed by atoms with Crippen molar-refractivity contribution in [2.75, 3.05) is 10.7 Å². The number of anilines is 1. The number of nitrogens with two attached hydrogens (primary N) is 1. The van der Waals surface area contributed by atoms with Gasteiger partial charge in [0.05, 0.1) is 11.9 Å². The lowest BCUT2D eigenvalue weighted by atomic mass is 10.2. The largest absolute Gasteiger partial charge is 0.245 e. The van der Waals surface area contributed by atoms with E-state index in [0.29, 0.717) is 15.1 Å². The minimum atomic E-state index is -3.44. The standard InChI is InChI=1S/C8H11ClN2O2S/c1-6-3-4-7(9)5-8(6)11(10)14(2,12)13/h3-5H,10H2,1-2H3. The molecule has 14 heavy (non-hydrogen) atoms. The van der Waals surface area contributed by atoms with E-state index in [0.717, 1.165) is 11.8 Å². The van der Waals surface area contributed by atoms with Gasteiger partial charge in [-0.25, -0.2) is 18.7 Å². The van der Waals surface area contributed by atoms with E-state index in [4.69, 9.17) is 17.4 Å². The maximum Gasteiger partial charge on any atom is 0.245 e. The Morgan fingerprint density at radius 3 is 2.50 bits per heavy atom. The van der Waals surface area contributed by atoms with Crippen LogP contribution in [0.3, 0.4) is 0 Å². The van der Waals surface area contributed by atoms with Crippen molar-refractivity contribution in [3.05, 3.63) is 28.8 Å². The van der Waals surface area contributed by atoms with Gasteiger partial charge in [0.2, 0.25) is 10.0 Å². The summed E-state index contributed by atoms with van der Waals surface area (Å²) in [5.74, 6) is 5.43. The first-order chi connectivity index (χ1) is 6.32. The third kappa shape index (κ3) is 2.37. The molecule has 0 saturated heterocycles. The molecule has 0 saturated carbocycles. The van der Waals surface area contributed by atoms with Gasteiger partial charge < -0.3 is 0 Å². The molecule has 78 valence electrons. The van der Waals surface area contributed by atoms with Crippen molar-refractivity contribution in [3.63, 3.8) is 0 Å². The molecule has 4 nitrogen and oxygen atoms in total. The number of halogens is 1. The molecule has 0 atom stereocenters. The van der Waals surface area contributed by atoms with Crippen LogP contribution in [0.2, 0.25) is 5.02 Å². The summed E-state index contributed by atoms with van der Waals surface area (Å²) < 4.78 is 23.0. The van der Waals surface area contributed by atoms with E-state index >= 15 is 0 Å². The van der Waals surface area contributed by atoms with Crippen molar-refractivity contribution in [2.24, 2.45) is 5.84 Å². The molecule has 0 aliphatic carbocycles. The zero-order valence-corrected chi connectivity index (χ0v) is 9.43. The predicted molar refractivity (Wildman–Crippen MR) is 57.7 cm³/mol. The maximum atomic E-state index is 11.2. The summed E-state index contributed by atoms with van der Waals surface area (Å²) in [6, 6.07) is 4.90. The smallest absolute Gasteiger partial charge is 0.233 e. The molecule has 2 N–H and O–H groups in total. The number of aryl methyl sites for hydroxylation is 1. The van der Waals surface area contributed by atoms with Crippen LogP contribution in [0, 0.1) is 6.92 Å². The molecule has 1 aromatic carbocycles. The van der Waals surface area contributed by atoms with Crippen LogP contribution in [0.15, 0.2) is 18.2 Å². The normalized spacial score (nSPS) is 11.4. The van der Waals surface area contributed by atoms with Gasteiger partial charge in [-0.3, -0.25) is 0 Å². The van der Waals surface area contributed by atoms with Gasteiger partial charge in [0.1, 0.15) is 0 Å². The SMILES string of the molecule is Cc1ccc(Cl)cc1N(N)S(C)(=O)=O. The van der Waals surface area contributed by atoms with Crippen molar-refractivity contribution >= 4 is 27.3 Å². The topological polar surface area (TPSA) is 63.4 Å². The Morgan fingerprint density at radius 2 is 2.00 bits per heavy atom. The van der Waals surface area contributed by atoms with E-state index < -0.39 is 10.0 Å². The van der Waals surface area contributed by atoms with Crippen molar-refractivity contribution in [1.29, 1.82) is 0 Å². The Morgan fingerprint density at radius 1 is 1.43 bits per heavy atom. The molecular formula is C8H11ClN2O2S. The lowest BCUT2D eigenvalue weighted by molar-refractivity contribution is 0.598. The van der Waals surface area contributed by atoms with Crippen LogP contribution >= 0.6 is 11.6 Å². The van der Waals surface area contributed by atoms with Gasteiger partial charge in [0, 0.05) is 5.02 Å². The summed E-state index contributed by atoms with van der Waals surface area (Å²) in [5.41, 5.74) is 1.14. The number of nitrogens with zero attached hydrogens (tertiary/aromatic N) is 1. The lowest BCUT2D eigenvalue weighted by Crippen LogP contribution is -2.36. The van der Waals surface area contributed by atoms with Gasteiger partial charge >= 0.3 is 0 Å². The number of sulfonamides is 1. The van der Waals surface area contributed by atoms with Gasteiger partial charge in [-0.15, -0.1) is 0 Å². The number of benzene rings is 1. The minimum absolute atomic E-state index is 0.389. The molecule has 0 bridgehead atoms. The second-order valence-corrected chi connectivity index (χ2v) is 5.29. The van der Waals surface area contributed by atoms with Crippen LogP contribution in [0.5, 0.6) is 0 Å². The molecule has 1 rings (SSSR count). The van der Waals surface area contributed by atoms with Gasteiger partial charge in [0.15, 0.2) is 0 Å². The second kappa shape index (κ2) is 3.76. The zero-order chi connectivity index (χ0) is 10.9. The first kappa shape index (κ1) is 11.3. The van der Waals surface area contributed by atoms with Gasteiger partial charge in [-0.2, -0.15) is 0 Å². The Kier molecular flexibility index (Phi) is 3.04. The Balaban J connectivity index is 3.26. The van der Waals surface area contributed by atoms with Gasteiger partial charge in [0.25, 0.3) is 0 Å². The van der Waals surface area contributed by atoms with Crippen molar-refractivity contribution < 1.29 is 8.42 Å². The fraction of sp³-hybridized carbons (Fsp3) is 0.250. The summed E-state index contributed by atoms with van der Waals surface area (Å²) in [4.78, 5) is 0. The summed E-state index contributed by atoms with van der Waals surface area (Å²) in [6.07, 6.45) is 1.04. The Labute approximate surface area is 88.3 Å².